The number of amides is 1. The topological polar surface area (TPSA) is 38.3 Å². The molecule has 3 nitrogen and oxygen atoms in total. The predicted molar refractivity (Wildman–Crippen MR) is 60.9 cm³/mol. The second kappa shape index (κ2) is 3.81. The summed E-state index contributed by atoms with van der Waals surface area (Å²) in [5.74, 6) is 0.761. The second-order valence-corrected chi connectivity index (χ2v) is 4.43. The Morgan fingerprint density at radius 1 is 1.12 bits per heavy atom. The van der Waals surface area contributed by atoms with Crippen molar-refractivity contribution in [3.05, 3.63) is 28.8 Å². The van der Waals surface area contributed by atoms with E-state index in [0.29, 0.717) is 18.7 Å². The summed E-state index contributed by atoms with van der Waals surface area (Å²) in [4.78, 5) is 11.8. The van der Waals surface area contributed by atoms with E-state index < -0.39 is 0 Å². The van der Waals surface area contributed by atoms with Crippen LogP contribution in [0.2, 0.25) is 0 Å². The Morgan fingerprint density at radius 2 is 1.88 bits per heavy atom. The maximum Gasteiger partial charge on any atom is 0.255 e. The highest BCUT2D eigenvalue weighted by Crippen LogP contribution is 2.29. The number of carbonyl (C=O) groups excluding carboxylic acids is 1. The third kappa shape index (κ3) is 1.56. The quantitative estimate of drug-likeness (QED) is 0.718. The smallest absolute Gasteiger partial charge is 0.255 e. The lowest BCUT2D eigenvalue weighted by molar-refractivity contribution is 0.0957. The SMILES string of the molecule is O=C1NCCOc2cc3c(cc21)CCCC3. The van der Waals surface area contributed by atoms with Gasteiger partial charge in [-0.05, 0) is 48.9 Å². The fraction of sp³-hybridized carbons (Fsp3) is 0.462. The van der Waals surface area contributed by atoms with E-state index >= 15 is 0 Å². The fourth-order valence-electron chi connectivity index (χ4n) is 2.48. The molecule has 0 saturated heterocycles. The lowest BCUT2D eigenvalue weighted by atomic mass is 9.90. The minimum Gasteiger partial charge on any atom is -0.491 e. The Kier molecular flexibility index (Phi) is 2.31. The van der Waals surface area contributed by atoms with Gasteiger partial charge in [0.15, 0.2) is 0 Å². The van der Waals surface area contributed by atoms with Gasteiger partial charge in [0.1, 0.15) is 12.4 Å². The molecule has 0 bridgehead atoms. The van der Waals surface area contributed by atoms with E-state index in [1.165, 1.54) is 24.0 Å². The van der Waals surface area contributed by atoms with Gasteiger partial charge < -0.3 is 10.1 Å². The first-order valence-corrected chi connectivity index (χ1v) is 5.91. The van der Waals surface area contributed by atoms with E-state index in [2.05, 4.69) is 11.4 Å². The van der Waals surface area contributed by atoms with E-state index in [1.807, 2.05) is 6.07 Å². The van der Waals surface area contributed by atoms with E-state index in [9.17, 15) is 4.79 Å². The molecule has 84 valence electrons. The van der Waals surface area contributed by atoms with Crippen LogP contribution < -0.4 is 10.1 Å². The molecule has 1 aromatic rings. The molecule has 1 N–H and O–H groups in total. The zero-order chi connectivity index (χ0) is 11.0. The highest BCUT2D eigenvalue weighted by Gasteiger charge is 2.20. The summed E-state index contributed by atoms with van der Waals surface area (Å²) in [7, 11) is 0. The third-order valence-corrected chi connectivity index (χ3v) is 3.33. The van der Waals surface area contributed by atoms with E-state index in [4.69, 9.17) is 4.74 Å². The number of ether oxygens (including phenoxy) is 1. The van der Waals surface area contributed by atoms with Crippen LogP contribution in [0.5, 0.6) is 5.75 Å². The highest BCUT2D eigenvalue weighted by molar-refractivity contribution is 5.97. The van der Waals surface area contributed by atoms with Crippen LogP contribution in [0.1, 0.15) is 34.3 Å². The molecule has 1 aliphatic heterocycles. The molecule has 3 rings (SSSR count). The van der Waals surface area contributed by atoms with Gasteiger partial charge in [-0.3, -0.25) is 4.79 Å². The number of hydrogen-bond donors (Lipinski definition) is 1. The van der Waals surface area contributed by atoms with Crippen LogP contribution in [0.15, 0.2) is 12.1 Å². The molecular weight excluding hydrogens is 202 g/mol. The second-order valence-electron chi connectivity index (χ2n) is 4.43. The van der Waals surface area contributed by atoms with Gasteiger partial charge in [0.25, 0.3) is 5.91 Å². The molecule has 0 radical (unpaired) electrons. The molecule has 0 fully saturated rings. The number of aryl methyl sites for hydroxylation is 2. The molecule has 3 heteroatoms. The monoisotopic (exact) mass is 217 g/mol. The van der Waals surface area contributed by atoms with Gasteiger partial charge in [-0.25, -0.2) is 0 Å². The van der Waals surface area contributed by atoms with Crippen molar-refractivity contribution < 1.29 is 9.53 Å². The van der Waals surface area contributed by atoms with Gasteiger partial charge >= 0.3 is 0 Å². The maximum atomic E-state index is 11.8. The molecule has 0 spiro atoms. The van der Waals surface area contributed by atoms with Crippen LogP contribution >= 0.6 is 0 Å². The van der Waals surface area contributed by atoms with Gasteiger partial charge in [-0.15, -0.1) is 0 Å². The molecule has 0 aromatic heterocycles. The molecule has 1 aliphatic carbocycles. The number of nitrogens with one attached hydrogen (secondary N) is 1. The van der Waals surface area contributed by atoms with Crippen LogP contribution in [-0.4, -0.2) is 19.1 Å². The molecule has 16 heavy (non-hydrogen) atoms. The maximum absolute atomic E-state index is 11.8. The summed E-state index contributed by atoms with van der Waals surface area (Å²) >= 11 is 0. The number of hydrogen-bond acceptors (Lipinski definition) is 2. The number of benzene rings is 1. The first kappa shape index (κ1) is 9.70. The van der Waals surface area contributed by atoms with Crippen LogP contribution in [0.3, 0.4) is 0 Å². The first-order valence-electron chi connectivity index (χ1n) is 5.91. The molecule has 1 aromatic carbocycles. The molecule has 0 unspecified atom stereocenters. The van der Waals surface area contributed by atoms with Gasteiger partial charge in [-0.2, -0.15) is 0 Å². The van der Waals surface area contributed by atoms with E-state index in [-0.39, 0.29) is 5.91 Å². The standard InChI is InChI=1S/C13H15NO2/c15-13-11-7-9-3-1-2-4-10(9)8-12(11)16-6-5-14-13/h7-8H,1-6H2,(H,14,15). The molecule has 1 heterocycles. The van der Waals surface area contributed by atoms with Crippen LogP contribution in [0.25, 0.3) is 0 Å². The molecule has 2 aliphatic rings. The normalized spacial score (nSPS) is 18.9. The average Bonchev–Trinajstić information content (AvgIpc) is 2.49. The van der Waals surface area contributed by atoms with E-state index in [1.54, 1.807) is 0 Å². The Balaban J connectivity index is 2.10. The third-order valence-electron chi connectivity index (χ3n) is 3.33. The van der Waals surface area contributed by atoms with Crippen LogP contribution in [0.4, 0.5) is 0 Å². The van der Waals surface area contributed by atoms with Crippen molar-refractivity contribution in [3.8, 4) is 5.75 Å². The van der Waals surface area contributed by atoms with Crippen LogP contribution in [0, 0.1) is 0 Å². The summed E-state index contributed by atoms with van der Waals surface area (Å²) in [5.41, 5.74) is 3.39. The summed E-state index contributed by atoms with van der Waals surface area (Å²) in [6, 6.07) is 4.08. The highest BCUT2D eigenvalue weighted by atomic mass is 16.5. The zero-order valence-electron chi connectivity index (χ0n) is 9.21. The Morgan fingerprint density at radius 3 is 2.69 bits per heavy atom. The van der Waals surface area contributed by atoms with Crippen molar-refractivity contribution in [2.75, 3.05) is 13.2 Å². The summed E-state index contributed by atoms with van der Waals surface area (Å²) in [6.45, 7) is 1.16. The van der Waals surface area contributed by atoms with E-state index in [0.717, 1.165) is 18.6 Å². The van der Waals surface area contributed by atoms with Crippen molar-refractivity contribution in [2.24, 2.45) is 0 Å². The predicted octanol–water partition coefficient (Wildman–Crippen LogP) is 1.69. The Labute approximate surface area is 94.8 Å². The van der Waals surface area contributed by atoms with Crippen molar-refractivity contribution in [1.82, 2.24) is 5.32 Å². The van der Waals surface area contributed by atoms with Gasteiger partial charge in [-0.1, -0.05) is 0 Å². The minimum absolute atomic E-state index is 0.000809. The van der Waals surface area contributed by atoms with Crippen molar-refractivity contribution >= 4 is 5.91 Å². The largest absolute Gasteiger partial charge is 0.491 e. The minimum atomic E-state index is 0.000809. The van der Waals surface area contributed by atoms with Crippen molar-refractivity contribution in [1.29, 1.82) is 0 Å². The Bertz CT molecular complexity index is 440. The fourth-order valence-corrected chi connectivity index (χ4v) is 2.48. The molecule has 0 atom stereocenters. The van der Waals surface area contributed by atoms with Crippen molar-refractivity contribution in [3.63, 3.8) is 0 Å². The Hall–Kier alpha value is -1.51. The summed E-state index contributed by atoms with van der Waals surface area (Å²) in [5, 5.41) is 2.84. The average molecular weight is 217 g/mol. The lowest BCUT2D eigenvalue weighted by Gasteiger charge is -2.18. The van der Waals surface area contributed by atoms with Crippen LogP contribution in [-0.2, 0) is 12.8 Å². The zero-order valence-corrected chi connectivity index (χ0v) is 9.21. The first-order chi connectivity index (χ1) is 7.84. The summed E-state index contributed by atoms with van der Waals surface area (Å²) < 4.78 is 5.60. The molecular formula is C13H15NO2. The lowest BCUT2D eigenvalue weighted by Crippen LogP contribution is -2.24. The van der Waals surface area contributed by atoms with Gasteiger partial charge in [0, 0.05) is 0 Å². The number of carbonyl (C=O) groups is 1. The molecule has 0 saturated carbocycles. The number of rotatable bonds is 0. The van der Waals surface area contributed by atoms with Gasteiger partial charge in [0.05, 0.1) is 12.1 Å². The number of fused-ring (bicyclic) bond motifs is 2. The molecule has 1 amide bonds. The van der Waals surface area contributed by atoms with Crippen molar-refractivity contribution in [2.45, 2.75) is 25.7 Å². The summed E-state index contributed by atoms with van der Waals surface area (Å²) in [6.07, 6.45) is 4.69. The van der Waals surface area contributed by atoms with Gasteiger partial charge in [0.2, 0.25) is 0 Å².